The minimum Gasteiger partial charge on any atom is -0.466 e. The molecule has 3 nitrogen and oxygen atoms in total. The second-order valence-electron chi connectivity index (χ2n) is 4.60. The van der Waals surface area contributed by atoms with Crippen molar-refractivity contribution in [2.45, 2.75) is 46.1 Å². The molecule has 1 rings (SSSR count). The van der Waals surface area contributed by atoms with Crippen LogP contribution >= 0.6 is 0 Å². The summed E-state index contributed by atoms with van der Waals surface area (Å²) in [7, 11) is 1.75. The summed E-state index contributed by atoms with van der Waals surface area (Å²) in [6.45, 7) is 8.13. The Kier molecular flexibility index (Phi) is 6.30. The molecule has 0 aromatic carbocycles. The summed E-state index contributed by atoms with van der Waals surface area (Å²) in [5.74, 6) is 2.02. The Bertz CT molecular complexity index is 320. The Labute approximate surface area is 105 Å². The molecule has 98 valence electrons. The van der Waals surface area contributed by atoms with E-state index in [9.17, 15) is 0 Å². The lowest BCUT2D eigenvalue weighted by molar-refractivity contribution is 0.192. The summed E-state index contributed by atoms with van der Waals surface area (Å²) < 4.78 is 10.6. The van der Waals surface area contributed by atoms with Crippen molar-refractivity contribution < 1.29 is 9.15 Å². The van der Waals surface area contributed by atoms with Crippen LogP contribution in [-0.2, 0) is 4.74 Å². The van der Waals surface area contributed by atoms with Gasteiger partial charge in [-0.05, 0) is 52.6 Å². The van der Waals surface area contributed by atoms with Crippen molar-refractivity contribution >= 4 is 0 Å². The quantitative estimate of drug-likeness (QED) is 0.706. The normalized spacial score (nSPS) is 12.9. The Balaban J connectivity index is 2.21. The second-order valence-corrected chi connectivity index (χ2v) is 4.60. The minimum absolute atomic E-state index is 0.370. The van der Waals surface area contributed by atoms with E-state index in [4.69, 9.17) is 9.15 Å². The van der Waals surface area contributed by atoms with Gasteiger partial charge in [0.15, 0.2) is 0 Å². The lowest BCUT2D eigenvalue weighted by Crippen LogP contribution is -2.20. The molecule has 17 heavy (non-hydrogen) atoms. The fourth-order valence-electron chi connectivity index (χ4n) is 2.06. The zero-order valence-corrected chi connectivity index (χ0v) is 11.5. The number of hydrogen-bond acceptors (Lipinski definition) is 3. The van der Waals surface area contributed by atoms with Crippen LogP contribution in [-0.4, -0.2) is 20.3 Å². The average Bonchev–Trinajstić information content (AvgIpc) is 2.62. The summed E-state index contributed by atoms with van der Waals surface area (Å²) in [5, 5.41) is 3.53. The van der Waals surface area contributed by atoms with Crippen molar-refractivity contribution in [3.8, 4) is 0 Å². The largest absolute Gasteiger partial charge is 0.466 e. The monoisotopic (exact) mass is 239 g/mol. The van der Waals surface area contributed by atoms with Crippen LogP contribution in [0.5, 0.6) is 0 Å². The SMILES string of the molecule is COCCCCCNC(C)c1cc(C)oc1C. The van der Waals surface area contributed by atoms with Gasteiger partial charge in [-0.25, -0.2) is 0 Å². The second kappa shape index (κ2) is 7.51. The maximum Gasteiger partial charge on any atom is 0.105 e. The molecular weight excluding hydrogens is 214 g/mol. The Morgan fingerprint density at radius 1 is 1.29 bits per heavy atom. The van der Waals surface area contributed by atoms with Crippen LogP contribution in [0, 0.1) is 13.8 Å². The van der Waals surface area contributed by atoms with Crippen molar-refractivity contribution in [1.29, 1.82) is 0 Å². The molecule has 0 saturated carbocycles. The van der Waals surface area contributed by atoms with E-state index in [1.807, 2.05) is 13.8 Å². The molecule has 0 bridgehead atoms. The van der Waals surface area contributed by atoms with E-state index in [0.717, 1.165) is 31.1 Å². The van der Waals surface area contributed by atoms with E-state index in [0.29, 0.717) is 6.04 Å². The molecule has 1 unspecified atom stereocenters. The summed E-state index contributed by atoms with van der Waals surface area (Å²) in [6.07, 6.45) is 3.57. The van der Waals surface area contributed by atoms with Gasteiger partial charge in [-0.3, -0.25) is 0 Å². The predicted molar refractivity (Wildman–Crippen MR) is 70.3 cm³/mol. The molecule has 1 N–H and O–H groups in total. The van der Waals surface area contributed by atoms with E-state index in [1.54, 1.807) is 7.11 Å². The van der Waals surface area contributed by atoms with Gasteiger partial charge in [-0.1, -0.05) is 0 Å². The molecule has 0 amide bonds. The van der Waals surface area contributed by atoms with Crippen molar-refractivity contribution in [2.75, 3.05) is 20.3 Å². The molecule has 0 spiro atoms. The predicted octanol–water partition coefficient (Wildman–Crippen LogP) is 3.36. The fraction of sp³-hybridized carbons (Fsp3) is 0.714. The van der Waals surface area contributed by atoms with Gasteiger partial charge < -0.3 is 14.5 Å². The van der Waals surface area contributed by atoms with Gasteiger partial charge in [0.2, 0.25) is 0 Å². The van der Waals surface area contributed by atoms with Crippen molar-refractivity contribution in [2.24, 2.45) is 0 Å². The van der Waals surface area contributed by atoms with Crippen LogP contribution in [0.2, 0.25) is 0 Å². The number of nitrogens with one attached hydrogen (secondary N) is 1. The van der Waals surface area contributed by atoms with E-state index in [2.05, 4.69) is 18.3 Å². The van der Waals surface area contributed by atoms with Gasteiger partial charge in [0.25, 0.3) is 0 Å². The molecule has 1 aromatic heterocycles. The standard InChI is InChI=1S/C14H25NO2/c1-11-10-14(13(3)17-11)12(2)15-8-6-5-7-9-16-4/h10,12,15H,5-9H2,1-4H3. The molecular formula is C14H25NO2. The van der Waals surface area contributed by atoms with Gasteiger partial charge in [0.1, 0.15) is 11.5 Å². The molecule has 0 aliphatic carbocycles. The number of methoxy groups -OCH3 is 1. The van der Waals surface area contributed by atoms with Crippen LogP contribution in [0.3, 0.4) is 0 Å². The average molecular weight is 239 g/mol. The van der Waals surface area contributed by atoms with E-state index >= 15 is 0 Å². The van der Waals surface area contributed by atoms with Crippen molar-refractivity contribution in [3.05, 3.63) is 23.2 Å². The van der Waals surface area contributed by atoms with Gasteiger partial charge in [-0.2, -0.15) is 0 Å². The van der Waals surface area contributed by atoms with Crippen LogP contribution in [0.4, 0.5) is 0 Å². The lowest BCUT2D eigenvalue weighted by Gasteiger charge is -2.12. The van der Waals surface area contributed by atoms with Crippen LogP contribution in [0.1, 0.15) is 49.3 Å². The molecule has 1 aromatic rings. The summed E-state index contributed by atoms with van der Waals surface area (Å²) in [4.78, 5) is 0. The molecule has 0 aliphatic heterocycles. The lowest BCUT2D eigenvalue weighted by atomic mass is 10.1. The van der Waals surface area contributed by atoms with E-state index < -0.39 is 0 Å². The van der Waals surface area contributed by atoms with Gasteiger partial charge in [0.05, 0.1) is 0 Å². The zero-order chi connectivity index (χ0) is 12.7. The Hall–Kier alpha value is -0.800. The summed E-state index contributed by atoms with van der Waals surface area (Å²) >= 11 is 0. The maximum absolute atomic E-state index is 5.54. The highest BCUT2D eigenvalue weighted by atomic mass is 16.5. The van der Waals surface area contributed by atoms with Gasteiger partial charge >= 0.3 is 0 Å². The molecule has 0 radical (unpaired) electrons. The van der Waals surface area contributed by atoms with Crippen LogP contribution < -0.4 is 5.32 Å². The smallest absolute Gasteiger partial charge is 0.105 e. The number of hydrogen-bond donors (Lipinski definition) is 1. The number of ether oxygens (including phenoxy) is 1. The highest BCUT2D eigenvalue weighted by molar-refractivity contribution is 5.23. The van der Waals surface area contributed by atoms with E-state index in [-0.39, 0.29) is 0 Å². The third-order valence-electron chi connectivity index (χ3n) is 3.02. The Morgan fingerprint density at radius 3 is 2.65 bits per heavy atom. The first-order valence-corrected chi connectivity index (χ1v) is 6.44. The first kappa shape index (κ1) is 14.3. The summed E-state index contributed by atoms with van der Waals surface area (Å²) in [5.41, 5.74) is 1.28. The molecule has 3 heteroatoms. The number of furan rings is 1. The molecule has 0 fully saturated rings. The highest BCUT2D eigenvalue weighted by Crippen LogP contribution is 2.20. The van der Waals surface area contributed by atoms with Crippen molar-refractivity contribution in [1.82, 2.24) is 5.32 Å². The fourth-order valence-corrected chi connectivity index (χ4v) is 2.06. The van der Waals surface area contributed by atoms with Crippen LogP contribution in [0.15, 0.2) is 10.5 Å². The van der Waals surface area contributed by atoms with Gasteiger partial charge in [0, 0.05) is 25.3 Å². The molecule has 1 atom stereocenters. The number of unbranched alkanes of at least 4 members (excludes halogenated alkanes) is 2. The topological polar surface area (TPSA) is 34.4 Å². The van der Waals surface area contributed by atoms with Crippen molar-refractivity contribution in [3.63, 3.8) is 0 Å². The van der Waals surface area contributed by atoms with E-state index in [1.165, 1.54) is 18.4 Å². The van der Waals surface area contributed by atoms with Crippen LogP contribution in [0.25, 0.3) is 0 Å². The third kappa shape index (κ3) is 4.92. The minimum atomic E-state index is 0.370. The highest BCUT2D eigenvalue weighted by Gasteiger charge is 2.11. The first-order valence-electron chi connectivity index (χ1n) is 6.44. The molecule has 0 saturated heterocycles. The molecule has 1 heterocycles. The zero-order valence-electron chi connectivity index (χ0n) is 11.5. The summed E-state index contributed by atoms with van der Waals surface area (Å²) in [6, 6.07) is 2.49. The first-order chi connectivity index (χ1) is 8.15. The maximum atomic E-state index is 5.54. The number of aryl methyl sites for hydroxylation is 2. The molecule has 0 aliphatic rings. The third-order valence-corrected chi connectivity index (χ3v) is 3.02. The van der Waals surface area contributed by atoms with Gasteiger partial charge in [-0.15, -0.1) is 0 Å². The Morgan fingerprint density at radius 2 is 2.06 bits per heavy atom. The number of rotatable bonds is 8.